The summed E-state index contributed by atoms with van der Waals surface area (Å²) >= 11 is 0. The van der Waals surface area contributed by atoms with Crippen molar-refractivity contribution in [3.05, 3.63) is 100 Å². The minimum atomic E-state index is 0.365. The van der Waals surface area contributed by atoms with Crippen LogP contribution in [0.15, 0.2) is 72.4 Å². The first-order valence-corrected chi connectivity index (χ1v) is 13.8. The second-order valence-corrected chi connectivity index (χ2v) is 11.8. The van der Waals surface area contributed by atoms with Crippen molar-refractivity contribution in [3.8, 4) is 11.1 Å². The second kappa shape index (κ2) is 9.81. The van der Waals surface area contributed by atoms with Gasteiger partial charge in [-0.05, 0) is 103 Å². The van der Waals surface area contributed by atoms with Gasteiger partial charge in [0.2, 0.25) is 0 Å². The lowest BCUT2D eigenvalue weighted by atomic mass is 9.76. The van der Waals surface area contributed by atoms with Crippen molar-refractivity contribution in [2.75, 3.05) is 0 Å². The quantitative estimate of drug-likeness (QED) is 0.388. The lowest BCUT2D eigenvalue weighted by molar-refractivity contribution is 0.289. The molecule has 0 aliphatic heterocycles. The summed E-state index contributed by atoms with van der Waals surface area (Å²) in [6.45, 7) is 18.0. The molecule has 2 aromatic carbocycles. The summed E-state index contributed by atoms with van der Waals surface area (Å²) in [6.07, 6.45) is 15.8. The molecule has 1 saturated carbocycles. The van der Waals surface area contributed by atoms with E-state index in [0.717, 1.165) is 24.7 Å². The predicted octanol–water partition coefficient (Wildman–Crippen LogP) is 9.60. The van der Waals surface area contributed by atoms with Crippen LogP contribution in [0.2, 0.25) is 0 Å². The van der Waals surface area contributed by atoms with Crippen LogP contribution >= 0.6 is 0 Å². The first-order chi connectivity index (χ1) is 16.8. The molecule has 182 valence electrons. The number of hydrogen-bond acceptors (Lipinski definition) is 0. The Balaban J connectivity index is 1.44. The van der Waals surface area contributed by atoms with Crippen LogP contribution in [0, 0.1) is 37.5 Å². The van der Waals surface area contributed by atoms with Crippen LogP contribution in [0.25, 0.3) is 17.2 Å². The molecular formula is C35H42. The Kier molecular flexibility index (Phi) is 6.75. The number of allylic oxidation sites excluding steroid dienone is 5. The highest BCUT2D eigenvalue weighted by Gasteiger charge is 2.27. The van der Waals surface area contributed by atoms with E-state index in [0.29, 0.717) is 11.8 Å². The Hall–Kier alpha value is -2.60. The normalized spacial score (nSPS) is 26.1. The molecule has 0 aromatic heterocycles. The molecule has 0 spiro atoms. The van der Waals surface area contributed by atoms with Crippen molar-refractivity contribution in [1.82, 2.24) is 0 Å². The highest BCUT2D eigenvalue weighted by Crippen LogP contribution is 2.43. The van der Waals surface area contributed by atoms with Gasteiger partial charge < -0.3 is 0 Å². The Bertz CT molecular complexity index is 1210. The van der Waals surface area contributed by atoms with Gasteiger partial charge in [-0.1, -0.05) is 105 Å². The van der Waals surface area contributed by atoms with Gasteiger partial charge in [-0.3, -0.25) is 0 Å². The molecular weight excluding hydrogens is 420 g/mol. The van der Waals surface area contributed by atoms with E-state index < -0.39 is 0 Å². The highest BCUT2D eigenvalue weighted by molar-refractivity contribution is 5.80. The minimum absolute atomic E-state index is 0.365. The fraction of sp³-hybridized carbons (Fsp3) is 0.429. The molecule has 0 saturated heterocycles. The van der Waals surface area contributed by atoms with Gasteiger partial charge >= 0.3 is 0 Å². The summed E-state index contributed by atoms with van der Waals surface area (Å²) in [5.41, 5.74) is 14.3. The Morgan fingerprint density at radius 2 is 1.69 bits per heavy atom. The van der Waals surface area contributed by atoms with E-state index in [4.69, 9.17) is 0 Å². The van der Waals surface area contributed by atoms with Crippen LogP contribution < -0.4 is 0 Å². The summed E-state index contributed by atoms with van der Waals surface area (Å²) < 4.78 is 0. The second-order valence-electron chi connectivity index (χ2n) is 11.8. The molecule has 0 bridgehead atoms. The standard InChI is InChI=1S/C35H42/c1-22-10-14-28(15-11-22)19-33-26(5)16-23(2)17-35(33)31-9-7-8-30-18-29(21-34(30)31)20-32-25(4)13-12-24(3)27(32)6/h7-9,12-13,16-18,22,24,28,32H,4,6,10-11,14-15,19-21H2,1-3,5H3. The smallest absolute Gasteiger partial charge is 0.00826 e. The van der Waals surface area contributed by atoms with Gasteiger partial charge in [0.15, 0.2) is 0 Å². The molecule has 0 heterocycles. The van der Waals surface area contributed by atoms with Crippen molar-refractivity contribution < 1.29 is 0 Å². The Labute approximate surface area is 213 Å². The first-order valence-electron chi connectivity index (χ1n) is 13.8. The van der Waals surface area contributed by atoms with Crippen LogP contribution in [0.5, 0.6) is 0 Å². The van der Waals surface area contributed by atoms with Gasteiger partial charge in [0.05, 0.1) is 0 Å². The first kappa shape index (κ1) is 24.1. The average Bonchev–Trinajstić information content (AvgIpc) is 3.25. The topological polar surface area (TPSA) is 0 Å². The number of rotatable bonds is 5. The van der Waals surface area contributed by atoms with Crippen LogP contribution in [-0.2, 0) is 12.8 Å². The summed E-state index contributed by atoms with van der Waals surface area (Å²) in [7, 11) is 0. The molecule has 2 unspecified atom stereocenters. The van der Waals surface area contributed by atoms with Crippen LogP contribution in [-0.4, -0.2) is 0 Å². The molecule has 5 rings (SSSR count). The maximum Gasteiger partial charge on any atom is 0.00826 e. The van der Waals surface area contributed by atoms with Gasteiger partial charge in [0, 0.05) is 5.92 Å². The zero-order valence-corrected chi connectivity index (χ0v) is 22.3. The average molecular weight is 463 g/mol. The van der Waals surface area contributed by atoms with Gasteiger partial charge in [-0.15, -0.1) is 0 Å². The van der Waals surface area contributed by atoms with Gasteiger partial charge in [0.1, 0.15) is 0 Å². The van der Waals surface area contributed by atoms with E-state index in [2.05, 4.69) is 89.4 Å². The molecule has 1 fully saturated rings. The van der Waals surface area contributed by atoms with Crippen LogP contribution in [0.4, 0.5) is 0 Å². The fourth-order valence-electron chi connectivity index (χ4n) is 6.74. The van der Waals surface area contributed by atoms with E-state index >= 15 is 0 Å². The van der Waals surface area contributed by atoms with Gasteiger partial charge in [0.25, 0.3) is 0 Å². The molecule has 35 heavy (non-hydrogen) atoms. The van der Waals surface area contributed by atoms with E-state index in [9.17, 15) is 0 Å². The molecule has 0 nitrogen and oxygen atoms in total. The van der Waals surface area contributed by atoms with Crippen molar-refractivity contribution in [3.63, 3.8) is 0 Å². The molecule has 2 aromatic rings. The van der Waals surface area contributed by atoms with Crippen molar-refractivity contribution >= 4 is 6.08 Å². The number of fused-ring (bicyclic) bond motifs is 1. The minimum Gasteiger partial charge on any atom is -0.0986 e. The largest absolute Gasteiger partial charge is 0.0986 e. The van der Waals surface area contributed by atoms with E-state index in [1.54, 1.807) is 5.56 Å². The third kappa shape index (κ3) is 4.90. The van der Waals surface area contributed by atoms with Crippen molar-refractivity contribution in [1.29, 1.82) is 0 Å². The Morgan fingerprint density at radius 3 is 2.46 bits per heavy atom. The maximum atomic E-state index is 4.44. The number of hydrogen-bond donors (Lipinski definition) is 0. The molecule has 3 aliphatic rings. The van der Waals surface area contributed by atoms with Crippen molar-refractivity contribution in [2.24, 2.45) is 23.7 Å². The van der Waals surface area contributed by atoms with E-state index in [1.165, 1.54) is 82.2 Å². The van der Waals surface area contributed by atoms with E-state index in [-0.39, 0.29) is 0 Å². The Morgan fingerprint density at radius 1 is 0.914 bits per heavy atom. The zero-order valence-electron chi connectivity index (χ0n) is 22.3. The third-order valence-corrected chi connectivity index (χ3v) is 9.06. The summed E-state index contributed by atoms with van der Waals surface area (Å²) in [5.74, 6) is 2.53. The third-order valence-electron chi connectivity index (χ3n) is 9.06. The monoisotopic (exact) mass is 462 g/mol. The predicted molar refractivity (Wildman–Crippen MR) is 153 cm³/mol. The number of aryl methyl sites for hydroxylation is 2. The van der Waals surface area contributed by atoms with Gasteiger partial charge in [-0.2, -0.15) is 0 Å². The lowest BCUT2D eigenvalue weighted by Crippen LogP contribution is -2.16. The summed E-state index contributed by atoms with van der Waals surface area (Å²) in [4.78, 5) is 0. The zero-order chi connectivity index (χ0) is 24.7. The lowest BCUT2D eigenvalue weighted by Gasteiger charge is -2.28. The molecule has 0 radical (unpaired) electrons. The van der Waals surface area contributed by atoms with Gasteiger partial charge in [-0.25, -0.2) is 0 Å². The summed E-state index contributed by atoms with van der Waals surface area (Å²) in [6, 6.07) is 11.8. The van der Waals surface area contributed by atoms with Crippen LogP contribution in [0.3, 0.4) is 0 Å². The molecule has 2 atom stereocenters. The molecule has 0 amide bonds. The number of benzene rings is 2. The molecule has 0 N–H and O–H groups in total. The molecule has 3 aliphatic carbocycles. The SMILES string of the molecule is C=C1C=CC(C)C(=C)C1CC1=Cc2cccc(-c3cc(C)cc(C)c3CC3CCC(C)CC3)c2C1. The fourth-order valence-corrected chi connectivity index (χ4v) is 6.74. The highest BCUT2D eigenvalue weighted by atomic mass is 14.3. The van der Waals surface area contributed by atoms with Crippen molar-refractivity contribution in [2.45, 2.75) is 72.6 Å². The van der Waals surface area contributed by atoms with E-state index in [1.807, 2.05) is 0 Å². The van der Waals surface area contributed by atoms with Crippen LogP contribution in [0.1, 0.15) is 73.8 Å². The molecule has 0 heteroatoms. The maximum absolute atomic E-state index is 4.44. The summed E-state index contributed by atoms with van der Waals surface area (Å²) in [5, 5.41) is 0.